The third kappa shape index (κ3) is 5.75. The molecule has 4 aromatic carbocycles. The van der Waals surface area contributed by atoms with Crippen molar-refractivity contribution in [2.24, 2.45) is 0 Å². The molecule has 0 amide bonds. The maximum atomic E-state index is 3.76. The molecule has 0 saturated carbocycles. The molecule has 4 aromatic rings. The zero-order valence-electron chi connectivity index (χ0n) is 21.8. The Hall–Kier alpha value is -4.10. The molecule has 0 radical (unpaired) electrons. The maximum absolute atomic E-state index is 3.76. The SMILES string of the molecule is C=C/C=C\C=C(/C)c1cc(-c2ccc(N(c3ccc(C)cc3)c3ccc(C)cc3)cc2)ccc1CC. The van der Waals surface area contributed by atoms with Crippen LogP contribution in [0.25, 0.3) is 16.7 Å². The topological polar surface area (TPSA) is 3.24 Å². The quantitative estimate of drug-likeness (QED) is 0.232. The highest BCUT2D eigenvalue weighted by atomic mass is 15.1. The van der Waals surface area contributed by atoms with Gasteiger partial charge >= 0.3 is 0 Å². The number of anilines is 3. The van der Waals surface area contributed by atoms with Gasteiger partial charge in [-0.25, -0.2) is 0 Å². The van der Waals surface area contributed by atoms with Gasteiger partial charge in [0.2, 0.25) is 0 Å². The minimum Gasteiger partial charge on any atom is -0.311 e. The molecule has 0 N–H and O–H groups in total. The molecule has 0 unspecified atom stereocenters. The summed E-state index contributed by atoms with van der Waals surface area (Å²) in [4.78, 5) is 2.31. The maximum Gasteiger partial charge on any atom is 0.0462 e. The molecule has 36 heavy (non-hydrogen) atoms. The Morgan fingerprint density at radius 3 is 1.69 bits per heavy atom. The van der Waals surface area contributed by atoms with Crippen LogP contribution in [0, 0.1) is 13.8 Å². The van der Waals surface area contributed by atoms with E-state index < -0.39 is 0 Å². The first-order chi connectivity index (χ1) is 17.5. The first-order valence-corrected chi connectivity index (χ1v) is 12.6. The Morgan fingerprint density at radius 1 is 0.694 bits per heavy atom. The second kappa shape index (κ2) is 11.6. The Kier molecular flexibility index (Phi) is 8.02. The highest BCUT2D eigenvalue weighted by Gasteiger charge is 2.13. The van der Waals surface area contributed by atoms with Crippen LogP contribution in [0.3, 0.4) is 0 Å². The van der Waals surface area contributed by atoms with Crippen molar-refractivity contribution in [2.75, 3.05) is 4.90 Å². The number of nitrogens with zero attached hydrogens (tertiary/aromatic N) is 1. The Morgan fingerprint density at radius 2 is 1.19 bits per heavy atom. The van der Waals surface area contributed by atoms with E-state index in [4.69, 9.17) is 0 Å². The van der Waals surface area contributed by atoms with Crippen LogP contribution in [0.5, 0.6) is 0 Å². The second-order valence-electron chi connectivity index (χ2n) is 9.25. The molecule has 1 nitrogen and oxygen atoms in total. The third-order valence-electron chi connectivity index (χ3n) is 6.55. The predicted molar refractivity (Wildman–Crippen MR) is 158 cm³/mol. The summed E-state index contributed by atoms with van der Waals surface area (Å²) < 4.78 is 0. The van der Waals surface area contributed by atoms with E-state index in [2.05, 4.69) is 136 Å². The van der Waals surface area contributed by atoms with Gasteiger partial charge in [-0.05, 0) is 97.5 Å². The number of hydrogen-bond donors (Lipinski definition) is 0. The minimum absolute atomic E-state index is 1.01. The second-order valence-corrected chi connectivity index (χ2v) is 9.25. The van der Waals surface area contributed by atoms with Crippen molar-refractivity contribution in [3.8, 4) is 11.1 Å². The highest BCUT2D eigenvalue weighted by molar-refractivity contribution is 5.79. The summed E-state index contributed by atoms with van der Waals surface area (Å²) >= 11 is 0. The summed E-state index contributed by atoms with van der Waals surface area (Å²) in [5.41, 5.74) is 12.3. The molecule has 0 saturated heterocycles. The van der Waals surface area contributed by atoms with Crippen LogP contribution in [-0.2, 0) is 6.42 Å². The van der Waals surface area contributed by atoms with Crippen molar-refractivity contribution in [3.63, 3.8) is 0 Å². The van der Waals surface area contributed by atoms with Gasteiger partial charge in [-0.3, -0.25) is 0 Å². The lowest BCUT2D eigenvalue weighted by Gasteiger charge is -2.26. The van der Waals surface area contributed by atoms with Gasteiger partial charge in [0.1, 0.15) is 0 Å². The van der Waals surface area contributed by atoms with Crippen molar-refractivity contribution in [2.45, 2.75) is 34.1 Å². The van der Waals surface area contributed by atoms with Crippen LogP contribution in [-0.4, -0.2) is 0 Å². The number of allylic oxidation sites excluding steroid dienone is 5. The van der Waals surface area contributed by atoms with E-state index in [-0.39, 0.29) is 0 Å². The summed E-state index contributed by atoms with van der Waals surface area (Å²) in [7, 11) is 0. The molecule has 0 spiro atoms. The molecule has 0 aliphatic rings. The summed E-state index contributed by atoms with van der Waals surface area (Å²) in [5, 5.41) is 0. The van der Waals surface area contributed by atoms with E-state index in [9.17, 15) is 0 Å². The van der Waals surface area contributed by atoms with Gasteiger partial charge < -0.3 is 4.90 Å². The zero-order valence-corrected chi connectivity index (χ0v) is 21.8. The zero-order chi connectivity index (χ0) is 25.5. The summed E-state index contributed by atoms with van der Waals surface area (Å²) in [5.74, 6) is 0. The van der Waals surface area contributed by atoms with Crippen LogP contribution >= 0.6 is 0 Å². The van der Waals surface area contributed by atoms with Crippen LogP contribution in [0.2, 0.25) is 0 Å². The lowest BCUT2D eigenvalue weighted by atomic mass is 9.93. The van der Waals surface area contributed by atoms with Crippen LogP contribution in [0.15, 0.2) is 122 Å². The lowest BCUT2D eigenvalue weighted by molar-refractivity contribution is 1.13. The standard InChI is InChI=1S/C35H35N/c1-6-8-9-10-28(5)35-25-31(16-15-29(35)7-2)30-17-23-34(24-18-30)36(32-19-11-26(3)12-20-32)33-21-13-27(4)14-22-33/h6,8-25H,1,7H2,2-5H3/b9-8-,28-10+. The molecule has 0 bridgehead atoms. The van der Waals surface area contributed by atoms with Crippen LogP contribution in [0.4, 0.5) is 17.1 Å². The van der Waals surface area contributed by atoms with Crippen molar-refractivity contribution in [1.29, 1.82) is 0 Å². The average molecular weight is 470 g/mol. The molecule has 0 atom stereocenters. The molecule has 0 aromatic heterocycles. The van der Waals surface area contributed by atoms with Gasteiger partial charge in [0.05, 0.1) is 0 Å². The predicted octanol–water partition coefficient (Wildman–Crippen LogP) is 10.1. The van der Waals surface area contributed by atoms with Crippen LogP contribution in [0.1, 0.15) is 36.1 Å². The normalized spacial score (nSPS) is 11.6. The molecule has 0 aliphatic carbocycles. The van der Waals surface area contributed by atoms with Gasteiger partial charge in [-0.15, -0.1) is 0 Å². The van der Waals surface area contributed by atoms with Gasteiger partial charge in [-0.2, -0.15) is 0 Å². The van der Waals surface area contributed by atoms with E-state index in [1.807, 2.05) is 12.2 Å². The van der Waals surface area contributed by atoms with Crippen molar-refractivity contribution < 1.29 is 0 Å². The number of hydrogen-bond acceptors (Lipinski definition) is 1. The third-order valence-corrected chi connectivity index (χ3v) is 6.55. The van der Waals surface area contributed by atoms with Crippen molar-refractivity contribution in [3.05, 3.63) is 144 Å². The van der Waals surface area contributed by atoms with E-state index in [0.29, 0.717) is 0 Å². The van der Waals surface area contributed by atoms with Gasteiger partial charge in [0, 0.05) is 17.1 Å². The van der Waals surface area contributed by atoms with E-state index in [1.54, 1.807) is 6.08 Å². The Bertz CT molecular complexity index is 1320. The van der Waals surface area contributed by atoms with Crippen LogP contribution < -0.4 is 4.90 Å². The first kappa shape index (κ1) is 25.0. The monoisotopic (exact) mass is 469 g/mol. The summed E-state index contributed by atoms with van der Waals surface area (Å²) in [6.07, 6.45) is 8.98. The fraction of sp³-hybridized carbons (Fsp3) is 0.143. The van der Waals surface area contributed by atoms with Gasteiger partial charge in [-0.1, -0.05) is 97.5 Å². The molecule has 0 aliphatic heterocycles. The largest absolute Gasteiger partial charge is 0.311 e. The summed E-state index contributed by atoms with van der Waals surface area (Å²) in [6.45, 7) is 12.4. The summed E-state index contributed by atoms with van der Waals surface area (Å²) in [6, 6.07) is 33.1. The lowest BCUT2D eigenvalue weighted by Crippen LogP contribution is -2.09. The van der Waals surface area contributed by atoms with Crippen molar-refractivity contribution >= 4 is 22.6 Å². The average Bonchev–Trinajstić information content (AvgIpc) is 2.91. The number of benzene rings is 4. The van der Waals surface area contributed by atoms with Gasteiger partial charge in [0.25, 0.3) is 0 Å². The molecule has 0 heterocycles. The number of aryl methyl sites for hydroxylation is 3. The highest BCUT2D eigenvalue weighted by Crippen LogP contribution is 2.36. The molecule has 4 rings (SSSR count). The molecule has 0 fully saturated rings. The smallest absolute Gasteiger partial charge is 0.0462 e. The molecular weight excluding hydrogens is 434 g/mol. The van der Waals surface area contributed by atoms with E-state index >= 15 is 0 Å². The minimum atomic E-state index is 1.01. The van der Waals surface area contributed by atoms with E-state index in [0.717, 1.165) is 23.5 Å². The first-order valence-electron chi connectivity index (χ1n) is 12.6. The molecular formula is C35H35N. The fourth-order valence-electron chi connectivity index (χ4n) is 4.44. The van der Waals surface area contributed by atoms with E-state index in [1.165, 1.54) is 39.0 Å². The fourth-order valence-corrected chi connectivity index (χ4v) is 4.44. The Balaban J connectivity index is 1.72. The molecule has 180 valence electrons. The van der Waals surface area contributed by atoms with Gasteiger partial charge in [0.15, 0.2) is 0 Å². The van der Waals surface area contributed by atoms with Crippen molar-refractivity contribution in [1.82, 2.24) is 0 Å². The molecule has 1 heteroatoms. The number of rotatable bonds is 8. The Labute approximate surface area is 216 Å².